The largest absolute Gasteiger partial charge is 0.485 e. The van der Waals surface area contributed by atoms with Crippen LogP contribution in [0.15, 0.2) is 77.2 Å². The summed E-state index contributed by atoms with van der Waals surface area (Å²) in [5.41, 5.74) is 0.911. The fraction of sp³-hybridized carbons (Fsp3) is 0.0833. The van der Waals surface area contributed by atoms with E-state index < -0.39 is 23.6 Å². The second-order valence-corrected chi connectivity index (χ2v) is 6.99. The molecule has 0 saturated heterocycles. The second-order valence-electron chi connectivity index (χ2n) is 6.99. The fourth-order valence-corrected chi connectivity index (χ4v) is 3.41. The maximum Gasteiger partial charge on any atom is 0.269 e. The third kappa shape index (κ3) is 3.50. The maximum absolute atomic E-state index is 13.3. The standard InChI is InChI=1S/C24H16FNO5/c25-15-11-9-14(10-12-15)22(27)23-21(16-5-1-2-6-17(16)31-23)26-24(28)20-13-29-18-7-3-4-8-19(18)30-20/h1-12,20H,13H2,(H,26,28)/t20-/m1/s1. The molecular formula is C24H16FNO5. The first-order valence-electron chi connectivity index (χ1n) is 9.61. The van der Waals surface area contributed by atoms with Crippen LogP contribution in [0, 0.1) is 5.82 Å². The summed E-state index contributed by atoms with van der Waals surface area (Å²) in [7, 11) is 0. The van der Waals surface area contributed by atoms with Gasteiger partial charge in [0.15, 0.2) is 17.3 Å². The molecule has 0 unspecified atom stereocenters. The Morgan fingerprint density at radius 1 is 0.903 bits per heavy atom. The van der Waals surface area contributed by atoms with Crippen LogP contribution in [-0.2, 0) is 4.79 Å². The fourth-order valence-electron chi connectivity index (χ4n) is 3.41. The summed E-state index contributed by atoms with van der Waals surface area (Å²) in [6, 6.07) is 19.2. The van der Waals surface area contributed by atoms with Crippen LogP contribution in [0.25, 0.3) is 11.0 Å². The summed E-state index contributed by atoms with van der Waals surface area (Å²) in [5.74, 6) is -0.421. The van der Waals surface area contributed by atoms with Crippen LogP contribution >= 0.6 is 0 Å². The Hall–Kier alpha value is -4.13. The van der Waals surface area contributed by atoms with Crippen molar-refractivity contribution in [3.05, 3.63) is 89.9 Å². The summed E-state index contributed by atoms with van der Waals surface area (Å²) in [5, 5.41) is 3.33. The Balaban J connectivity index is 1.48. The number of rotatable bonds is 4. The lowest BCUT2D eigenvalue weighted by molar-refractivity contribution is -0.125. The number of hydrogen-bond acceptors (Lipinski definition) is 5. The first-order chi connectivity index (χ1) is 15.1. The van der Waals surface area contributed by atoms with E-state index in [2.05, 4.69) is 5.32 Å². The van der Waals surface area contributed by atoms with Crippen molar-refractivity contribution in [3.8, 4) is 11.5 Å². The van der Waals surface area contributed by atoms with Crippen LogP contribution in [0.1, 0.15) is 16.1 Å². The van der Waals surface area contributed by atoms with Gasteiger partial charge in [0.25, 0.3) is 5.91 Å². The third-order valence-electron chi connectivity index (χ3n) is 4.96. The summed E-state index contributed by atoms with van der Waals surface area (Å²) in [6.07, 6.45) is -0.905. The van der Waals surface area contributed by atoms with Gasteiger partial charge in [0.1, 0.15) is 18.0 Å². The number of anilines is 1. The molecule has 7 heteroatoms. The first-order valence-corrected chi connectivity index (χ1v) is 9.61. The molecule has 1 aromatic heterocycles. The zero-order valence-electron chi connectivity index (χ0n) is 16.1. The predicted octanol–water partition coefficient (Wildman–Crippen LogP) is 4.58. The molecule has 4 aromatic rings. The quantitative estimate of drug-likeness (QED) is 0.492. The number of carbonyl (C=O) groups excluding carboxylic acids is 2. The molecule has 0 radical (unpaired) electrons. The lowest BCUT2D eigenvalue weighted by Crippen LogP contribution is -2.40. The highest BCUT2D eigenvalue weighted by molar-refractivity contribution is 6.17. The van der Waals surface area contributed by atoms with E-state index in [1.54, 1.807) is 42.5 Å². The predicted molar refractivity (Wildman–Crippen MR) is 111 cm³/mol. The van der Waals surface area contributed by atoms with Crippen LogP contribution in [0.3, 0.4) is 0 Å². The van der Waals surface area contributed by atoms with Gasteiger partial charge in [-0.25, -0.2) is 4.39 Å². The second kappa shape index (κ2) is 7.60. The number of ether oxygens (including phenoxy) is 2. The average molecular weight is 417 g/mol. The molecule has 1 amide bonds. The molecule has 1 aliphatic heterocycles. The van der Waals surface area contributed by atoms with Crippen LogP contribution in [0.2, 0.25) is 0 Å². The van der Waals surface area contributed by atoms with Crippen molar-refractivity contribution in [2.75, 3.05) is 11.9 Å². The molecule has 31 heavy (non-hydrogen) atoms. The zero-order valence-corrected chi connectivity index (χ0v) is 16.1. The van der Waals surface area contributed by atoms with Gasteiger partial charge in [0.05, 0.1) is 5.69 Å². The van der Waals surface area contributed by atoms with Crippen molar-refractivity contribution < 1.29 is 27.9 Å². The smallest absolute Gasteiger partial charge is 0.269 e. The molecule has 5 rings (SSSR count). The summed E-state index contributed by atoms with van der Waals surface area (Å²) in [6.45, 7) is 0.0277. The van der Waals surface area contributed by atoms with Crippen molar-refractivity contribution in [3.63, 3.8) is 0 Å². The normalized spacial score (nSPS) is 14.9. The highest BCUT2D eigenvalue weighted by atomic mass is 19.1. The zero-order chi connectivity index (χ0) is 21.4. The van der Waals surface area contributed by atoms with Gasteiger partial charge < -0.3 is 19.2 Å². The number of carbonyl (C=O) groups is 2. The summed E-state index contributed by atoms with van der Waals surface area (Å²) < 4.78 is 30.4. The van der Waals surface area contributed by atoms with E-state index in [0.717, 1.165) is 0 Å². The van der Waals surface area contributed by atoms with Crippen molar-refractivity contribution >= 4 is 28.3 Å². The third-order valence-corrected chi connectivity index (χ3v) is 4.96. The van der Waals surface area contributed by atoms with Crippen molar-refractivity contribution in [1.82, 2.24) is 0 Å². The number of ketones is 1. The van der Waals surface area contributed by atoms with Gasteiger partial charge in [-0.2, -0.15) is 0 Å². The van der Waals surface area contributed by atoms with Crippen LogP contribution in [0.5, 0.6) is 11.5 Å². The summed E-state index contributed by atoms with van der Waals surface area (Å²) >= 11 is 0. The number of hydrogen-bond donors (Lipinski definition) is 1. The average Bonchev–Trinajstić information content (AvgIpc) is 3.17. The molecule has 2 heterocycles. The molecule has 3 aromatic carbocycles. The molecular weight excluding hydrogens is 401 g/mol. The van der Waals surface area contributed by atoms with E-state index in [1.165, 1.54) is 24.3 Å². The topological polar surface area (TPSA) is 77.8 Å². The van der Waals surface area contributed by atoms with E-state index in [1.807, 2.05) is 6.07 Å². The molecule has 0 bridgehead atoms. The van der Waals surface area contributed by atoms with Gasteiger partial charge in [-0.15, -0.1) is 0 Å². The lowest BCUT2D eigenvalue weighted by atomic mass is 10.1. The molecule has 0 spiro atoms. The van der Waals surface area contributed by atoms with E-state index in [9.17, 15) is 14.0 Å². The maximum atomic E-state index is 13.3. The van der Waals surface area contributed by atoms with E-state index in [4.69, 9.17) is 13.9 Å². The highest BCUT2D eigenvalue weighted by Crippen LogP contribution is 2.34. The Bertz CT molecular complexity index is 1300. The minimum atomic E-state index is -0.905. The first kappa shape index (κ1) is 18.9. The summed E-state index contributed by atoms with van der Waals surface area (Å²) in [4.78, 5) is 26.0. The number of halogens is 1. The Morgan fingerprint density at radius 3 is 2.42 bits per heavy atom. The van der Waals surface area contributed by atoms with Gasteiger partial charge in [-0.3, -0.25) is 9.59 Å². The molecule has 0 fully saturated rings. The number of para-hydroxylation sites is 3. The van der Waals surface area contributed by atoms with E-state index >= 15 is 0 Å². The lowest BCUT2D eigenvalue weighted by Gasteiger charge is -2.25. The van der Waals surface area contributed by atoms with Crippen LogP contribution in [-0.4, -0.2) is 24.4 Å². The highest BCUT2D eigenvalue weighted by Gasteiger charge is 2.30. The van der Waals surface area contributed by atoms with Crippen LogP contribution in [0.4, 0.5) is 10.1 Å². The van der Waals surface area contributed by atoms with Crippen molar-refractivity contribution in [2.45, 2.75) is 6.10 Å². The molecule has 6 nitrogen and oxygen atoms in total. The minimum Gasteiger partial charge on any atom is -0.485 e. The number of amides is 1. The van der Waals surface area contributed by atoms with Gasteiger partial charge in [-0.1, -0.05) is 24.3 Å². The molecule has 1 aliphatic rings. The van der Waals surface area contributed by atoms with Crippen molar-refractivity contribution in [1.29, 1.82) is 0 Å². The van der Waals surface area contributed by atoms with Gasteiger partial charge in [-0.05, 0) is 48.5 Å². The SMILES string of the molecule is O=C(c1ccc(F)cc1)c1oc2ccccc2c1NC(=O)[C@H]1COc2ccccc2O1. The number of fused-ring (bicyclic) bond motifs is 2. The van der Waals surface area contributed by atoms with E-state index in [0.29, 0.717) is 22.5 Å². The molecule has 0 aliphatic carbocycles. The number of furan rings is 1. The van der Waals surface area contributed by atoms with Crippen LogP contribution < -0.4 is 14.8 Å². The molecule has 1 N–H and O–H groups in total. The monoisotopic (exact) mass is 417 g/mol. The van der Waals surface area contributed by atoms with E-state index in [-0.39, 0.29) is 23.6 Å². The Labute approximate surface area is 176 Å². The number of benzene rings is 3. The Morgan fingerprint density at radius 2 is 1.61 bits per heavy atom. The Kier molecular flexibility index (Phi) is 4.63. The minimum absolute atomic E-state index is 0.0277. The van der Waals surface area contributed by atoms with Crippen molar-refractivity contribution in [2.24, 2.45) is 0 Å². The molecule has 154 valence electrons. The van der Waals surface area contributed by atoms with Gasteiger partial charge in [0.2, 0.25) is 11.9 Å². The molecule has 0 saturated carbocycles. The van der Waals surface area contributed by atoms with Gasteiger partial charge >= 0.3 is 0 Å². The molecule has 1 atom stereocenters. The van der Waals surface area contributed by atoms with Gasteiger partial charge in [0, 0.05) is 10.9 Å². The number of nitrogens with one attached hydrogen (secondary N) is 1.